The zero-order chi connectivity index (χ0) is 12.0. The van der Waals surface area contributed by atoms with Gasteiger partial charge in [0.25, 0.3) is 0 Å². The third-order valence-corrected chi connectivity index (χ3v) is 4.66. The summed E-state index contributed by atoms with van der Waals surface area (Å²) in [6.07, 6.45) is 8.66. The summed E-state index contributed by atoms with van der Waals surface area (Å²) in [5.74, 6) is 1.43. The van der Waals surface area contributed by atoms with E-state index in [2.05, 4.69) is 19.9 Å². The standard InChI is InChI=1S/C15H26O/c1-11-5-7-15(4)8-6-12(13(11)10-15)9-14(2,3)16/h5,12-13,16H,6-10H2,1-4H3. The van der Waals surface area contributed by atoms with Crippen molar-refractivity contribution in [3.63, 3.8) is 0 Å². The lowest BCUT2D eigenvalue weighted by molar-refractivity contribution is 0.0154. The van der Waals surface area contributed by atoms with Crippen LogP contribution in [0, 0.1) is 17.3 Å². The van der Waals surface area contributed by atoms with E-state index in [0.717, 1.165) is 12.3 Å². The SMILES string of the molecule is CC1=CCC2(C)CCC(CC(C)(C)O)C1C2. The summed E-state index contributed by atoms with van der Waals surface area (Å²) >= 11 is 0. The van der Waals surface area contributed by atoms with Crippen LogP contribution >= 0.6 is 0 Å². The zero-order valence-electron chi connectivity index (χ0n) is 11.2. The number of hydrogen-bond acceptors (Lipinski definition) is 1. The van der Waals surface area contributed by atoms with Gasteiger partial charge in [-0.2, -0.15) is 0 Å². The van der Waals surface area contributed by atoms with Gasteiger partial charge in [0.05, 0.1) is 5.60 Å². The first kappa shape index (κ1) is 12.2. The minimum atomic E-state index is -0.504. The molecule has 1 nitrogen and oxygen atoms in total. The molecule has 0 aromatic carbocycles. The van der Waals surface area contributed by atoms with Crippen molar-refractivity contribution < 1.29 is 5.11 Å². The highest BCUT2D eigenvalue weighted by Crippen LogP contribution is 2.52. The third-order valence-electron chi connectivity index (χ3n) is 4.66. The lowest BCUT2D eigenvalue weighted by atomic mass is 9.58. The molecule has 3 atom stereocenters. The zero-order valence-corrected chi connectivity index (χ0v) is 11.2. The van der Waals surface area contributed by atoms with E-state index in [1.165, 1.54) is 25.7 Å². The van der Waals surface area contributed by atoms with Gasteiger partial charge in [0.15, 0.2) is 0 Å². The minimum Gasteiger partial charge on any atom is -0.390 e. The van der Waals surface area contributed by atoms with Gasteiger partial charge in [-0.3, -0.25) is 0 Å². The Morgan fingerprint density at radius 2 is 2.19 bits per heavy atom. The summed E-state index contributed by atoms with van der Waals surface area (Å²) < 4.78 is 0. The van der Waals surface area contributed by atoms with E-state index in [1.54, 1.807) is 5.57 Å². The monoisotopic (exact) mass is 222 g/mol. The second-order valence-corrected chi connectivity index (χ2v) is 7.09. The molecule has 1 heteroatoms. The Kier molecular flexibility index (Phi) is 2.94. The molecule has 2 aliphatic rings. The van der Waals surface area contributed by atoms with Crippen molar-refractivity contribution in [1.29, 1.82) is 0 Å². The summed E-state index contributed by atoms with van der Waals surface area (Å²) in [5.41, 5.74) is 1.63. The Morgan fingerprint density at radius 1 is 1.50 bits per heavy atom. The average molecular weight is 222 g/mol. The van der Waals surface area contributed by atoms with Crippen LogP contribution in [0.15, 0.2) is 11.6 Å². The maximum absolute atomic E-state index is 10.00. The van der Waals surface area contributed by atoms with E-state index in [-0.39, 0.29) is 0 Å². The lowest BCUT2D eigenvalue weighted by Crippen LogP contribution is -2.38. The molecule has 0 spiro atoms. The first-order valence-corrected chi connectivity index (χ1v) is 6.68. The second kappa shape index (κ2) is 3.87. The maximum atomic E-state index is 10.00. The molecule has 2 bridgehead atoms. The van der Waals surface area contributed by atoms with Crippen molar-refractivity contribution in [1.82, 2.24) is 0 Å². The van der Waals surface area contributed by atoms with E-state index >= 15 is 0 Å². The smallest absolute Gasteiger partial charge is 0.0594 e. The van der Waals surface area contributed by atoms with E-state index in [4.69, 9.17) is 0 Å². The van der Waals surface area contributed by atoms with E-state index < -0.39 is 5.60 Å². The highest BCUT2D eigenvalue weighted by molar-refractivity contribution is 5.15. The number of allylic oxidation sites excluding steroid dienone is 2. The van der Waals surface area contributed by atoms with Crippen LogP contribution in [0.3, 0.4) is 0 Å². The topological polar surface area (TPSA) is 20.2 Å². The molecule has 1 fully saturated rings. The van der Waals surface area contributed by atoms with E-state index in [0.29, 0.717) is 11.3 Å². The molecule has 0 saturated heterocycles. The molecule has 0 heterocycles. The van der Waals surface area contributed by atoms with Crippen molar-refractivity contribution in [2.24, 2.45) is 17.3 Å². The van der Waals surface area contributed by atoms with Gasteiger partial charge in [0, 0.05) is 0 Å². The molecule has 1 saturated carbocycles. The highest BCUT2D eigenvalue weighted by atomic mass is 16.3. The Morgan fingerprint density at radius 3 is 2.81 bits per heavy atom. The van der Waals surface area contributed by atoms with Gasteiger partial charge in [0.2, 0.25) is 0 Å². The predicted molar refractivity (Wildman–Crippen MR) is 68.2 cm³/mol. The van der Waals surface area contributed by atoms with E-state index in [1.807, 2.05) is 13.8 Å². The van der Waals surface area contributed by atoms with Gasteiger partial charge in [-0.05, 0) is 70.1 Å². The molecular formula is C15H26O. The molecule has 0 aliphatic heterocycles. The van der Waals surface area contributed by atoms with Crippen molar-refractivity contribution in [3.8, 4) is 0 Å². The lowest BCUT2D eigenvalue weighted by Gasteiger charge is -2.47. The maximum Gasteiger partial charge on any atom is 0.0594 e. The molecule has 0 amide bonds. The molecule has 92 valence electrons. The summed E-state index contributed by atoms with van der Waals surface area (Å²) in [4.78, 5) is 0. The van der Waals surface area contributed by atoms with Crippen molar-refractivity contribution in [3.05, 3.63) is 11.6 Å². The number of rotatable bonds is 2. The predicted octanol–water partition coefficient (Wildman–Crippen LogP) is 3.92. The van der Waals surface area contributed by atoms with Crippen molar-refractivity contribution >= 4 is 0 Å². The molecule has 0 radical (unpaired) electrons. The van der Waals surface area contributed by atoms with Crippen LogP contribution in [-0.4, -0.2) is 10.7 Å². The molecule has 0 aromatic heterocycles. The van der Waals surface area contributed by atoms with E-state index in [9.17, 15) is 5.11 Å². The van der Waals surface area contributed by atoms with Crippen LogP contribution in [0.4, 0.5) is 0 Å². The summed E-state index contributed by atoms with van der Waals surface area (Å²) in [7, 11) is 0. The van der Waals surface area contributed by atoms with Crippen LogP contribution in [0.5, 0.6) is 0 Å². The highest BCUT2D eigenvalue weighted by Gasteiger charge is 2.41. The summed E-state index contributed by atoms with van der Waals surface area (Å²) in [6, 6.07) is 0. The van der Waals surface area contributed by atoms with Crippen LogP contribution in [0.1, 0.15) is 59.8 Å². The van der Waals surface area contributed by atoms with Crippen LogP contribution in [0.25, 0.3) is 0 Å². The van der Waals surface area contributed by atoms with Gasteiger partial charge in [-0.15, -0.1) is 0 Å². The Hall–Kier alpha value is -0.300. The fourth-order valence-electron chi connectivity index (χ4n) is 3.70. The molecule has 0 aromatic rings. The Balaban J connectivity index is 2.13. The van der Waals surface area contributed by atoms with Crippen LogP contribution in [0.2, 0.25) is 0 Å². The normalized spacial score (nSPS) is 39.4. The van der Waals surface area contributed by atoms with Gasteiger partial charge >= 0.3 is 0 Å². The Labute approximate surface area is 99.9 Å². The minimum absolute atomic E-state index is 0.504. The first-order chi connectivity index (χ1) is 7.29. The van der Waals surface area contributed by atoms with Gasteiger partial charge < -0.3 is 5.11 Å². The molecule has 2 rings (SSSR count). The van der Waals surface area contributed by atoms with Crippen LogP contribution < -0.4 is 0 Å². The fraction of sp³-hybridized carbons (Fsp3) is 0.867. The largest absolute Gasteiger partial charge is 0.390 e. The van der Waals surface area contributed by atoms with Gasteiger partial charge in [0.1, 0.15) is 0 Å². The summed E-state index contributed by atoms with van der Waals surface area (Å²) in [6.45, 7) is 8.61. The molecular weight excluding hydrogens is 196 g/mol. The average Bonchev–Trinajstić information content (AvgIpc) is 2.15. The molecule has 3 unspecified atom stereocenters. The number of fused-ring (bicyclic) bond motifs is 2. The third kappa shape index (κ3) is 2.51. The van der Waals surface area contributed by atoms with Gasteiger partial charge in [-0.1, -0.05) is 18.6 Å². The van der Waals surface area contributed by atoms with Crippen molar-refractivity contribution in [2.75, 3.05) is 0 Å². The molecule has 16 heavy (non-hydrogen) atoms. The van der Waals surface area contributed by atoms with Crippen molar-refractivity contribution in [2.45, 2.75) is 65.4 Å². The quantitative estimate of drug-likeness (QED) is 0.702. The molecule has 2 aliphatic carbocycles. The Bertz CT molecular complexity index is 297. The van der Waals surface area contributed by atoms with Crippen LogP contribution in [-0.2, 0) is 0 Å². The number of hydrogen-bond donors (Lipinski definition) is 1. The fourth-order valence-corrected chi connectivity index (χ4v) is 3.70. The van der Waals surface area contributed by atoms with Gasteiger partial charge in [-0.25, -0.2) is 0 Å². The summed E-state index contributed by atoms with van der Waals surface area (Å²) in [5, 5.41) is 10.00. The molecule has 1 N–H and O–H groups in total. The number of aliphatic hydroxyl groups is 1. The second-order valence-electron chi connectivity index (χ2n) is 7.09. The first-order valence-electron chi connectivity index (χ1n) is 6.68.